The summed E-state index contributed by atoms with van der Waals surface area (Å²) < 4.78 is 1.94. The first-order valence-corrected chi connectivity index (χ1v) is 8.16. The predicted molar refractivity (Wildman–Crippen MR) is 87.9 cm³/mol. The van der Waals surface area contributed by atoms with Crippen molar-refractivity contribution in [1.82, 2.24) is 14.5 Å². The van der Waals surface area contributed by atoms with Gasteiger partial charge in [0.1, 0.15) is 0 Å². The van der Waals surface area contributed by atoms with Gasteiger partial charge in [0.25, 0.3) is 0 Å². The molecule has 0 fully saturated rings. The lowest BCUT2D eigenvalue weighted by Gasteiger charge is -2.12. The van der Waals surface area contributed by atoms with Gasteiger partial charge in [-0.05, 0) is 6.42 Å². The van der Waals surface area contributed by atoms with E-state index in [1.54, 1.807) is 12.5 Å². The van der Waals surface area contributed by atoms with E-state index in [-0.39, 0.29) is 11.7 Å². The van der Waals surface area contributed by atoms with Crippen molar-refractivity contribution >= 4 is 17.1 Å². The van der Waals surface area contributed by atoms with E-state index in [1.165, 1.54) is 11.3 Å². The maximum absolute atomic E-state index is 12.7. The number of thiazole rings is 1. The second-order valence-corrected chi connectivity index (χ2v) is 5.99. The summed E-state index contributed by atoms with van der Waals surface area (Å²) in [4.78, 5) is 21.2. The van der Waals surface area contributed by atoms with Crippen molar-refractivity contribution in [1.29, 1.82) is 0 Å². The first-order valence-electron chi connectivity index (χ1n) is 7.29. The van der Waals surface area contributed by atoms with Gasteiger partial charge in [-0.1, -0.05) is 37.3 Å². The molecule has 2 heterocycles. The molecule has 3 aromatic rings. The Morgan fingerprint density at radius 2 is 2.14 bits per heavy atom. The molecule has 2 aromatic heterocycles. The number of hydrogen-bond acceptors (Lipinski definition) is 4. The van der Waals surface area contributed by atoms with Crippen LogP contribution in [0.3, 0.4) is 0 Å². The third kappa shape index (κ3) is 3.14. The average molecular weight is 311 g/mol. The highest BCUT2D eigenvalue weighted by molar-refractivity contribution is 7.12. The summed E-state index contributed by atoms with van der Waals surface area (Å²) in [5.74, 6) is 0.0485. The smallest absolute Gasteiger partial charge is 0.196 e. The van der Waals surface area contributed by atoms with Crippen LogP contribution in [0.15, 0.2) is 54.4 Å². The van der Waals surface area contributed by atoms with Crippen LogP contribution in [0.1, 0.15) is 23.1 Å². The predicted octanol–water partition coefficient (Wildman–Crippen LogP) is 3.92. The largest absolute Gasteiger partial charge is 0.337 e. The van der Waals surface area contributed by atoms with Crippen molar-refractivity contribution in [3.05, 3.63) is 59.4 Å². The van der Waals surface area contributed by atoms with Gasteiger partial charge >= 0.3 is 0 Å². The Hall–Kier alpha value is -2.27. The van der Waals surface area contributed by atoms with Gasteiger partial charge in [-0.3, -0.25) is 4.79 Å². The Morgan fingerprint density at radius 3 is 2.82 bits per heavy atom. The van der Waals surface area contributed by atoms with Crippen LogP contribution in [0, 0.1) is 5.92 Å². The Kier molecular flexibility index (Phi) is 4.44. The van der Waals surface area contributed by atoms with Crippen LogP contribution < -0.4 is 0 Å². The topological polar surface area (TPSA) is 47.8 Å². The minimum atomic E-state index is -0.0658. The second-order valence-electron chi connectivity index (χ2n) is 5.13. The number of carbonyl (C=O) groups is 1. The number of aromatic nitrogens is 3. The molecule has 5 heteroatoms. The van der Waals surface area contributed by atoms with Gasteiger partial charge in [-0.25, -0.2) is 9.97 Å². The first kappa shape index (κ1) is 14.7. The van der Waals surface area contributed by atoms with E-state index < -0.39 is 0 Å². The molecule has 1 atom stereocenters. The van der Waals surface area contributed by atoms with E-state index in [1.807, 2.05) is 53.4 Å². The lowest BCUT2D eigenvalue weighted by molar-refractivity contribution is 0.0903. The van der Waals surface area contributed by atoms with Crippen LogP contribution in [0.4, 0.5) is 0 Å². The molecule has 0 aliphatic rings. The van der Waals surface area contributed by atoms with Gasteiger partial charge in [-0.2, -0.15) is 0 Å². The zero-order valence-electron chi connectivity index (χ0n) is 12.3. The summed E-state index contributed by atoms with van der Waals surface area (Å²) in [7, 11) is 0. The zero-order valence-corrected chi connectivity index (χ0v) is 13.2. The molecule has 1 aromatic carbocycles. The molecule has 22 heavy (non-hydrogen) atoms. The SMILES string of the molecule is CCC(Cn1ccnc1)C(=O)c1nc(-c2ccccc2)cs1. The van der Waals surface area contributed by atoms with E-state index in [2.05, 4.69) is 9.97 Å². The fraction of sp³-hybridized carbons (Fsp3) is 0.235. The Morgan fingerprint density at radius 1 is 1.32 bits per heavy atom. The van der Waals surface area contributed by atoms with Gasteiger partial charge in [0.05, 0.1) is 12.0 Å². The minimum Gasteiger partial charge on any atom is -0.337 e. The number of benzene rings is 1. The lowest BCUT2D eigenvalue weighted by atomic mass is 10.0. The summed E-state index contributed by atoms with van der Waals surface area (Å²) in [6.07, 6.45) is 6.14. The van der Waals surface area contributed by atoms with Gasteiger partial charge < -0.3 is 4.57 Å². The summed E-state index contributed by atoms with van der Waals surface area (Å²) in [5, 5.41) is 2.54. The first-order chi connectivity index (χ1) is 10.8. The Bertz CT molecular complexity index is 734. The summed E-state index contributed by atoms with van der Waals surface area (Å²) >= 11 is 1.42. The Balaban J connectivity index is 1.78. The maximum Gasteiger partial charge on any atom is 0.196 e. The third-order valence-electron chi connectivity index (χ3n) is 3.64. The minimum absolute atomic E-state index is 0.0658. The van der Waals surface area contributed by atoms with Crippen LogP contribution in [0.5, 0.6) is 0 Å². The molecule has 0 spiro atoms. The fourth-order valence-electron chi connectivity index (χ4n) is 2.35. The van der Waals surface area contributed by atoms with Crippen molar-refractivity contribution < 1.29 is 4.79 Å². The zero-order chi connectivity index (χ0) is 15.4. The Labute approximate surface area is 133 Å². The summed E-state index contributed by atoms with van der Waals surface area (Å²) in [5.41, 5.74) is 1.91. The molecule has 4 nitrogen and oxygen atoms in total. The monoisotopic (exact) mass is 311 g/mol. The normalized spacial score (nSPS) is 12.2. The van der Waals surface area contributed by atoms with Crippen LogP contribution in [0.2, 0.25) is 0 Å². The summed E-state index contributed by atoms with van der Waals surface area (Å²) in [6, 6.07) is 9.94. The van der Waals surface area contributed by atoms with Crippen LogP contribution in [-0.2, 0) is 6.54 Å². The van der Waals surface area contributed by atoms with Gasteiger partial charge in [0.15, 0.2) is 10.8 Å². The van der Waals surface area contributed by atoms with Crippen molar-refractivity contribution in [3.63, 3.8) is 0 Å². The average Bonchev–Trinajstić information content (AvgIpc) is 3.24. The van der Waals surface area contributed by atoms with E-state index in [0.29, 0.717) is 11.6 Å². The van der Waals surface area contributed by atoms with Crippen molar-refractivity contribution in [3.8, 4) is 11.3 Å². The molecule has 0 saturated heterocycles. The standard InChI is InChI=1S/C17H17N3OS/c1-2-13(10-20-9-8-18-12-20)16(21)17-19-15(11-22-17)14-6-4-3-5-7-14/h3-9,11-13H,2,10H2,1H3. The molecule has 0 radical (unpaired) electrons. The molecule has 0 N–H and O–H groups in total. The molecule has 0 saturated carbocycles. The number of carbonyl (C=O) groups excluding carboxylic acids is 1. The van der Waals surface area contributed by atoms with Crippen LogP contribution >= 0.6 is 11.3 Å². The number of nitrogens with zero attached hydrogens (tertiary/aromatic N) is 3. The molecule has 3 rings (SSSR count). The van der Waals surface area contributed by atoms with E-state index in [9.17, 15) is 4.79 Å². The highest BCUT2D eigenvalue weighted by Crippen LogP contribution is 2.24. The number of Topliss-reactive ketones (excluding diaryl/α,β-unsaturated/α-hetero) is 1. The van der Waals surface area contributed by atoms with E-state index in [0.717, 1.165) is 17.7 Å². The van der Waals surface area contributed by atoms with Crippen LogP contribution in [0.25, 0.3) is 11.3 Å². The molecular formula is C17H17N3OS. The van der Waals surface area contributed by atoms with Gasteiger partial charge in [0, 0.05) is 35.8 Å². The molecule has 0 bridgehead atoms. The summed E-state index contributed by atoms with van der Waals surface area (Å²) in [6.45, 7) is 2.68. The molecule has 0 amide bonds. The van der Waals surface area contributed by atoms with Crippen molar-refractivity contribution in [2.75, 3.05) is 0 Å². The quantitative estimate of drug-likeness (QED) is 0.648. The number of imidazole rings is 1. The van der Waals surface area contributed by atoms with Crippen molar-refractivity contribution in [2.24, 2.45) is 5.92 Å². The van der Waals surface area contributed by atoms with Gasteiger partial charge in [-0.15, -0.1) is 11.3 Å². The molecule has 0 aliphatic carbocycles. The third-order valence-corrected chi connectivity index (χ3v) is 4.50. The molecule has 1 unspecified atom stereocenters. The maximum atomic E-state index is 12.7. The number of ketones is 1. The fourth-order valence-corrected chi connectivity index (χ4v) is 3.20. The van der Waals surface area contributed by atoms with E-state index in [4.69, 9.17) is 0 Å². The highest BCUT2D eigenvalue weighted by Gasteiger charge is 2.22. The van der Waals surface area contributed by atoms with Crippen LogP contribution in [-0.4, -0.2) is 20.3 Å². The highest BCUT2D eigenvalue weighted by atomic mass is 32.1. The lowest BCUT2D eigenvalue weighted by Crippen LogP contribution is -2.19. The van der Waals surface area contributed by atoms with Gasteiger partial charge in [0.2, 0.25) is 0 Å². The molecule has 0 aliphatic heterocycles. The second kappa shape index (κ2) is 6.66. The van der Waals surface area contributed by atoms with Crippen molar-refractivity contribution in [2.45, 2.75) is 19.9 Å². The number of rotatable bonds is 6. The molecule has 112 valence electrons. The van der Waals surface area contributed by atoms with E-state index >= 15 is 0 Å². The number of hydrogen-bond donors (Lipinski definition) is 0. The molecular weight excluding hydrogens is 294 g/mol.